The van der Waals surface area contributed by atoms with E-state index in [1.54, 1.807) is 12.5 Å². The van der Waals surface area contributed by atoms with E-state index in [0.29, 0.717) is 19.4 Å². The van der Waals surface area contributed by atoms with Crippen LogP contribution < -0.4 is 11.1 Å². The van der Waals surface area contributed by atoms with Gasteiger partial charge in [0.05, 0.1) is 11.9 Å². The zero-order valence-corrected chi connectivity index (χ0v) is 13.9. The van der Waals surface area contributed by atoms with Gasteiger partial charge in [0.1, 0.15) is 0 Å². The number of aromatic nitrogens is 2. The van der Waals surface area contributed by atoms with Crippen LogP contribution in [0.2, 0.25) is 0 Å². The highest BCUT2D eigenvalue weighted by Crippen LogP contribution is 2.20. The molecule has 1 atom stereocenters. The normalized spacial score (nSPS) is 13.7. The highest BCUT2D eigenvalue weighted by molar-refractivity contribution is 5.86. The molecular formula is C18H26N4O. The molecule has 1 aromatic heterocycles. The van der Waals surface area contributed by atoms with E-state index in [9.17, 15) is 4.79 Å². The first-order chi connectivity index (χ1) is 11.0. The number of carbonyl (C=O) groups excluding carboxylic acids is 1. The number of hydrogen-bond acceptors (Lipinski definition) is 3. The van der Waals surface area contributed by atoms with Crippen molar-refractivity contribution in [1.29, 1.82) is 0 Å². The quantitative estimate of drug-likeness (QED) is 0.697. The Balaban J connectivity index is 1.89. The molecule has 124 valence electrons. The molecule has 5 nitrogen and oxygen atoms in total. The van der Waals surface area contributed by atoms with Gasteiger partial charge in [0.2, 0.25) is 5.91 Å². The van der Waals surface area contributed by atoms with Crippen LogP contribution in [0.3, 0.4) is 0 Å². The molecule has 4 N–H and O–H groups in total. The molecule has 0 aliphatic rings. The van der Waals surface area contributed by atoms with Gasteiger partial charge < -0.3 is 16.0 Å². The zero-order valence-electron chi connectivity index (χ0n) is 13.9. The number of imidazole rings is 1. The molecule has 2 rings (SSSR count). The van der Waals surface area contributed by atoms with Crippen LogP contribution >= 0.6 is 0 Å². The lowest BCUT2D eigenvalue weighted by molar-refractivity contribution is -0.128. The van der Waals surface area contributed by atoms with Crippen LogP contribution in [0.4, 0.5) is 0 Å². The van der Waals surface area contributed by atoms with Crippen LogP contribution in [0.25, 0.3) is 0 Å². The van der Waals surface area contributed by atoms with Gasteiger partial charge in [0.25, 0.3) is 0 Å². The van der Waals surface area contributed by atoms with Crippen LogP contribution in [0.5, 0.6) is 0 Å². The number of hydrogen-bond donors (Lipinski definition) is 3. The van der Waals surface area contributed by atoms with Crippen molar-refractivity contribution < 1.29 is 4.79 Å². The number of benzene rings is 1. The first-order valence-electron chi connectivity index (χ1n) is 8.10. The number of nitrogens with one attached hydrogen (secondary N) is 2. The van der Waals surface area contributed by atoms with Gasteiger partial charge in [-0.2, -0.15) is 0 Å². The Hall–Kier alpha value is -2.14. The van der Waals surface area contributed by atoms with Gasteiger partial charge in [-0.15, -0.1) is 0 Å². The molecule has 1 aromatic carbocycles. The lowest BCUT2D eigenvalue weighted by atomic mass is 9.82. The second-order valence-corrected chi connectivity index (χ2v) is 6.26. The van der Waals surface area contributed by atoms with Gasteiger partial charge in [-0.3, -0.25) is 4.79 Å². The molecule has 0 aliphatic heterocycles. The van der Waals surface area contributed by atoms with Crippen LogP contribution in [0.15, 0.2) is 42.9 Å². The summed E-state index contributed by atoms with van der Waals surface area (Å²) < 4.78 is 0. The van der Waals surface area contributed by atoms with Gasteiger partial charge in [0, 0.05) is 18.4 Å². The number of amides is 1. The molecule has 0 saturated carbocycles. The molecule has 0 fully saturated rings. The van der Waals surface area contributed by atoms with E-state index in [2.05, 4.69) is 27.4 Å². The third-order valence-corrected chi connectivity index (χ3v) is 4.36. The molecule has 1 heterocycles. The van der Waals surface area contributed by atoms with E-state index in [4.69, 9.17) is 5.73 Å². The predicted octanol–water partition coefficient (Wildman–Crippen LogP) is 2.05. The number of nitrogens with two attached hydrogens (primary N) is 1. The van der Waals surface area contributed by atoms with Gasteiger partial charge >= 0.3 is 0 Å². The van der Waals surface area contributed by atoms with Crippen molar-refractivity contribution in [1.82, 2.24) is 15.3 Å². The summed E-state index contributed by atoms with van der Waals surface area (Å²) in [6.07, 6.45) is 5.52. The van der Waals surface area contributed by atoms with Crippen molar-refractivity contribution in [3.63, 3.8) is 0 Å². The Labute approximate surface area is 137 Å². The summed E-state index contributed by atoms with van der Waals surface area (Å²) in [5, 5.41) is 2.99. The van der Waals surface area contributed by atoms with E-state index >= 15 is 0 Å². The van der Waals surface area contributed by atoms with E-state index in [1.807, 2.05) is 32.0 Å². The van der Waals surface area contributed by atoms with E-state index < -0.39 is 5.54 Å². The number of aryl methyl sites for hydroxylation is 1. The molecule has 5 heteroatoms. The molecule has 0 aliphatic carbocycles. The lowest BCUT2D eigenvalue weighted by Crippen LogP contribution is -2.58. The van der Waals surface area contributed by atoms with E-state index in [1.165, 1.54) is 5.56 Å². The summed E-state index contributed by atoms with van der Waals surface area (Å²) in [6.45, 7) is 4.58. The van der Waals surface area contributed by atoms with Crippen molar-refractivity contribution in [3.05, 3.63) is 54.1 Å². The molecule has 0 spiro atoms. The van der Waals surface area contributed by atoms with Crippen molar-refractivity contribution in [2.75, 3.05) is 6.54 Å². The summed E-state index contributed by atoms with van der Waals surface area (Å²) in [4.78, 5) is 19.6. The second kappa shape index (κ2) is 7.92. The summed E-state index contributed by atoms with van der Waals surface area (Å²) in [6, 6.07) is 10.1. The summed E-state index contributed by atoms with van der Waals surface area (Å²) >= 11 is 0. The van der Waals surface area contributed by atoms with Crippen molar-refractivity contribution in [2.24, 2.45) is 11.7 Å². The Morgan fingerprint density at radius 1 is 1.30 bits per heavy atom. The Bertz CT molecular complexity index is 595. The highest BCUT2D eigenvalue weighted by atomic mass is 16.2. The third-order valence-electron chi connectivity index (χ3n) is 4.36. The molecular weight excluding hydrogens is 288 g/mol. The fourth-order valence-corrected chi connectivity index (χ4v) is 2.56. The van der Waals surface area contributed by atoms with Gasteiger partial charge in [-0.25, -0.2) is 4.98 Å². The summed E-state index contributed by atoms with van der Waals surface area (Å²) in [5.41, 5.74) is 7.76. The smallest absolute Gasteiger partial charge is 0.240 e. The number of aromatic amines is 1. The molecule has 0 unspecified atom stereocenters. The molecule has 2 aromatic rings. The summed E-state index contributed by atoms with van der Waals surface area (Å²) in [7, 11) is 0. The number of H-pyrrole nitrogens is 1. The first kappa shape index (κ1) is 17.2. The standard InChI is InChI=1S/C18H26N4O/c1-14(2)18(19,10-8-16-12-20-13-22-16)17(23)21-11-9-15-6-4-3-5-7-15/h3-7,12-14H,8-11,19H2,1-2H3,(H,20,22)(H,21,23)/t18-/m0/s1. The predicted molar refractivity (Wildman–Crippen MR) is 91.8 cm³/mol. The minimum Gasteiger partial charge on any atom is -0.354 e. The van der Waals surface area contributed by atoms with Gasteiger partial charge in [-0.1, -0.05) is 44.2 Å². The van der Waals surface area contributed by atoms with E-state index in [0.717, 1.165) is 12.1 Å². The topological polar surface area (TPSA) is 83.8 Å². The minimum atomic E-state index is -0.873. The fraction of sp³-hybridized carbons (Fsp3) is 0.444. The average Bonchev–Trinajstić information content (AvgIpc) is 3.06. The molecule has 0 bridgehead atoms. The van der Waals surface area contributed by atoms with Crippen LogP contribution in [-0.4, -0.2) is 28.0 Å². The largest absolute Gasteiger partial charge is 0.354 e. The van der Waals surface area contributed by atoms with E-state index in [-0.39, 0.29) is 11.8 Å². The SMILES string of the molecule is CC(C)[C@@](N)(CCc1cnc[nH]1)C(=O)NCCc1ccccc1. The van der Waals surface area contributed by atoms with Crippen LogP contribution in [0.1, 0.15) is 31.5 Å². The Kier molecular flexibility index (Phi) is 5.93. The maximum absolute atomic E-state index is 12.6. The van der Waals surface area contributed by atoms with Gasteiger partial charge in [0.15, 0.2) is 0 Å². The third kappa shape index (κ3) is 4.66. The summed E-state index contributed by atoms with van der Waals surface area (Å²) in [5.74, 6) is -0.0231. The molecule has 23 heavy (non-hydrogen) atoms. The highest BCUT2D eigenvalue weighted by Gasteiger charge is 2.36. The van der Waals surface area contributed by atoms with Crippen molar-refractivity contribution in [3.8, 4) is 0 Å². The number of rotatable bonds is 8. The number of carbonyl (C=O) groups is 1. The van der Waals surface area contributed by atoms with Crippen molar-refractivity contribution >= 4 is 5.91 Å². The zero-order chi connectivity index (χ0) is 16.7. The fourth-order valence-electron chi connectivity index (χ4n) is 2.56. The first-order valence-corrected chi connectivity index (χ1v) is 8.10. The van der Waals surface area contributed by atoms with Gasteiger partial charge in [-0.05, 0) is 30.7 Å². The molecule has 0 saturated heterocycles. The maximum atomic E-state index is 12.6. The number of nitrogens with zero attached hydrogens (tertiary/aromatic N) is 1. The van der Waals surface area contributed by atoms with Crippen LogP contribution in [-0.2, 0) is 17.6 Å². The second-order valence-electron chi connectivity index (χ2n) is 6.26. The lowest BCUT2D eigenvalue weighted by Gasteiger charge is -2.32. The molecule has 1 amide bonds. The van der Waals surface area contributed by atoms with Crippen molar-refractivity contribution in [2.45, 2.75) is 38.6 Å². The average molecular weight is 314 g/mol. The minimum absolute atomic E-state index is 0.0575. The Morgan fingerprint density at radius 2 is 2.04 bits per heavy atom. The monoisotopic (exact) mass is 314 g/mol. The van der Waals surface area contributed by atoms with Crippen LogP contribution in [0, 0.1) is 5.92 Å². The molecule has 0 radical (unpaired) electrons. The maximum Gasteiger partial charge on any atom is 0.240 e. The Morgan fingerprint density at radius 3 is 2.65 bits per heavy atom.